The Hall–Kier alpha value is -1.30. The summed E-state index contributed by atoms with van der Waals surface area (Å²) in [7, 11) is -4.11. The molecule has 0 bridgehead atoms. The van der Waals surface area contributed by atoms with Gasteiger partial charge < -0.3 is 0 Å². The van der Waals surface area contributed by atoms with E-state index in [-0.39, 0.29) is 12.2 Å². The maximum absolute atomic E-state index is 7.50. The van der Waals surface area contributed by atoms with Crippen molar-refractivity contribution in [1.29, 1.82) is 0 Å². The van der Waals surface area contributed by atoms with Gasteiger partial charge in [-0.25, -0.2) is 0 Å². The molecule has 0 aromatic carbocycles. The van der Waals surface area contributed by atoms with Crippen LogP contribution in [0.15, 0.2) is 24.0 Å². The van der Waals surface area contributed by atoms with Crippen LogP contribution >= 0.6 is 0 Å². The van der Waals surface area contributed by atoms with E-state index in [4.69, 9.17) is 42.6 Å². The zero-order valence-electron chi connectivity index (χ0n) is 27.8. The Balaban J connectivity index is -0.000000433. The Morgan fingerprint density at radius 2 is 1.07 bits per heavy atom. The molecule has 0 fully saturated rings. The van der Waals surface area contributed by atoms with Gasteiger partial charge in [-0.1, -0.05) is 0 Å². The molecule has 1 aliphatic heterocycles. The zero-order valence-corrected chi connectivity index (χ0v) is 31.1. The van der Waals surface area contributed by atoms with E-state index in [1.165, 1.54) is 0 Å². The number of hydrogen-bond acceptors (Lipinski definition) is 4. The van der Waals surface area contributed by atoms with Crippen LogP contribution < -0.4 is 5.73 Å². The van der Waals surface area contributed by atoms with Gasteiger partial charge in [-0.15, -0.1) is 0 Å². The molecule has 0 aromatic heterocycles. The summed E-state index contributed by atoms with van der Waals surface area (Å²) in [5.74, 6) is 0.761. The molecule has 0 amide bonds. The molecule has 9 nitrogen and oxygen atoms in total. The van der Waals surface area contributed by atoms with Gasteiger partial charge in [0.15, 0.2) is 0 Å². The van der Waals surface area contributed by atoms with Crippen molar-refractivity contribution in [1.82, 2.24) is 0 Å². The van der Waals surface area contributed by atoms with Crippen LogP contribution in [0.5, 0.6) is 0 Å². The zero-order chi connectivity index (χ0) is 35.7. The molecular weight excluding hydrogens is 623 g/mol. The van der Waals surface area contributed by atoms with Crippen molar-refractivity contribution in [3.05, 3.63) is 57.2 Å². The molecule has 1 aliphatic rings. The topological polar surface area (TPSA) is 153 Å². The minimum absolute atomic E-state index is 0.124. The third-order valence-corrected chi connectivity index (χ3v) is 20.0. The van der Waals surface area contributed by atoms with Gasteiger partial charge >= 0.3 is 272 Å². The second kappa shape index (κ2) is 28.2. The number of rotatable bonds is 12. The molecule has 12 heteroatoms. The van der Waals surface area contributed by atoms with E-state index in [0.717, 1.165) is 5.76 Å². The van der Waals surface area contributed by atoms with Crippen LogP contribution in [-0.4, -0.2) is 40.0 Å². The fourth-order valence-corrected chi connectivity index (χ4v) is 17.6. The summed E-state index contributed by atoms with van der Waals surface area (Å²) in [5.41, 5.74) is 9.01. The number of allylic oxidation sites excluding steroid dienone is 1. The van der Waals surface area contributed by atoms with E-state index in [1.54, 1.807) is 0 Å². The van der Waals surface area contributed by atoms with E-state index in [9.17, 15) is 0 Å². The Morgan fingerprint density at radius 3 is 1.35 bits per heavy atom. The normalized spacial score (nSPS) is 16.6. The molecule has 0 unspecified atom stereocenters. The molecule has 1 heterocycles. The first kappa shape index (κ1) is 51.3. The van der Waals surface area contributed by atoms with Crippen molar-refractivity contribution in [2.45, 2.75) is 129 Å². The fourth-order valence-electron chi connectivity index (χ4n) is 6.43. The van der Waals surface area contributed by atoms with Gasteiger partial charge in [-0.3, -0.25) is 0 Å². The average molecular weight is 674 g/mol. The van der Waals surface area contributed by atoms with Crippen LogP contribution in [0.3, 0.4) is 0 Å². The van der Waals surface area contributed by atoms with Crippen LogP contribution in [-0.2, 0) is 52.7 Å². The summed E-state index contributed by atoms with van der Waals surface area (Å²) in [6.07, 6.45) is 5.71. The first-order valence-electron chi connectivity index (χ1n) is 13.8. The van der Waals surface area contributed by atoms with Crippen molar-refractivity contribution in [3.8, 4) is 0 Å². The van der Waals surface area contributed by atoms with Gasteiger partial charge in [0, 0.05) is 0 Å². The average Bonchev–Trinajstić information content (AvgIpc) is 2.96. The standard InChI is InChI=1S/C26H51NO3Si2.5CO.Cr/c1-18(2)31(19(3)4,20(5)6)28-17-26-25(14-13-24(29-26)15-16-27)30-32(21(7)8,22(9)10)23(11)12;5*1-2;/h13-15,18-23,25-26H,17,27H2,1-12H3;;;;;;/b24-15-;;;;;;/t25-,26+;;;;;;/m0....../s1. The first-order valence-corrected chi connectivity index (χ1v) is 18.7. The molecule has 0 radical (unpaired) electrons. The molecular formula is C31H51CrNO8Si2. The predicted molar refractivity (Wildman–Crippen MR) is 164 cm³/mol. The summed E-state index contributed by atoms with van der Waals surface area (Å²) in [4.78, 5) is 0. The van der Waals surface area contributed by atoms with Gasteiger partial charge in [0.2, 0.25) is 0 Å². The Labute approximate surface area is 271 Å². The molecule has 0 aliphatic carbocycles. The van der Waals surface area contributed by atoms with Gasteiger partial charge in [0.25, 0.3) is 0 Å². The van der Waals surface area contributed by atoms with Crippen molar-refractivity contribution >= 4 is 21.1 Å². The number of ether oxygens (including phenoxy) is 1. The molecule has 0 saturated heterocycles. The summed E-state index contributed by atoms with van der Waals surface area (Å²) in [6, 6.07) is 0. The molecule has 0 aromatic rings. The second-order valence-corrected chi connectivity index (χ2v) is 23.1. The molecule has 0 saturated carbocycles. The third-order valence-electron chi connectivity index (χ3n) is 7.64. The Bertz CT molecular complexity index is 841. The SMILES string of the molecule is CC(C)[Si](OC[C@H]1O/C(=C\[C](N)=[Cr])C=C[C@@H]1O[Si](C(C)C)(C(C)C)C(C)C)(C(C)C)C(C)C.[C-]#[O+].[C-]#[O+].[C-]#[O+].[C-]#[O+].[C-]#[O+]. The second-order valence-electron chi connectivity index (χ2n) is 11.5. The maximum atomic E-state index is 7.50. The van der Waals surface area contributed by atoms with Gasteiger partial charge in [-0.05, 0) is 0 Å². The van der Waals surface area contributed by atoms with Crippen molar-refractivity contribution < 1.29 is 52.7 Å². The van der Waals surface area contributed by atoms with Gasteiger partial charge in [0.1, 0.15) is 0 Å². The number of nitrogens with two attached hydrogens (primary N) is 1. The summed E-state index contributed by atoms with van der Waals surface area (Å²) in [6.45, 7) is 50.9. The van der Waals surface area contributed by atoms with E-state index in [1.807, 2.05) is 12.2 Å². The summed E-state index contributed by atoms with van der Waals surface area (Å²) >= 11 is 2.85. The predicted octanol–water partition coefficient (Wildman–Crippen LogP) is 7.03. The fraction of sp³-hybridized carbons (Fsp3) is 0.677. The quantitative estimate of drug-likeness (QED) is 0.134. The van der Waals surface area contributed by atoms with Crippen LogP contribution in [0.2, 0.25) is 33.2 Å². The monoisotopic (exact) mass is 673 g/mol. The van der Waals surface area contributed by atoms with Crippen LogP contribution in [0.25, 0.3) is 0 Å². The Kier molecular flexibility index (Phi) is 33.6. The third kappa shape index (κ3) is 15.5. The van der Waals surface area contributed by atoms with E-state index >= 15 is 0 Å². The number of hydrogen-bond donors (Lipinski definition) is 1. The van der Waals surface area contributed by atoms with Crippen molar-refractivity contribution in [2.75, 3.05) is 6.61 Å². The van der Waals surface area contributed by atoms with Crippen molar-refractivity contribution in [2.24, 2.45) is 5.73 Å². The molecule has 242 valence electrons. The van der Waals surface area contributed by atoms with Gasteiger partial charge in [0.05, 0.1) is 0 Å². The molecule has 1 rings (SSSR count). The first-order chi connectivity index (χ1) is 20.1. The minimum atomic E-state index is -2.08. The van der Waals surface area contributed by atoms with E-state index in [2.05, 4.69) is 138 Å². The van der Waals surface area contributed by atoms with Crippen LogP contribution in [0.4, 0.5) is 0 Å². The van der Waals surface area contributed by atoms with Gasteiger partial charge in [-0.2, -0.15) is 0 Å². The Morgan fingerprint density at radius 1 is 0.744 bits per heavy atom. The molecule has 2 atom stereocenters. The summed E-state index contributed by atoms with van der Waals surface area (Å²) in [5, 5.41) is 0. The van der Waals surface area contributed by atoms with Crippen molar-refractivity contribution in [3.63, 3.8) is 0 Å². The molecule has 0 spiro atoms. The molecule has 43 heavy (non-hydrogen) atoms. The summed E-state index contributed by atoms with van der Waals surface area (Å²) < 4.78 is 58.7. The van der Waals surface area contributed by atoms with Crippen LogP contribution in [0, 0.1) is 33.3 Å². The van der Waals surface area contributed by atoms with E-state index in [0.29, 0.717) is 44.4 Å². The molecule has 2 N–H and O–H groups in total. The van der Waals surface area contributed by atoms with E-state index < -0.39 is 16.6 Å². The van der Waals surface area contributed by atoms with Crippen LogP contribution in [0.1, 0.15) is 83.1 Å².